The van der Waals surface area contributed by atoms with Crippen LogP contribution in [0.15, 0.2) is 36.7 Å². The monoisotopic (exact) mass is 370 g/mol. The Balaban J connectivity index is 1.57. The van der Waals surface area contributed by atoms with Crippen molar-refractivity contribution < 1.29 is 14.6 Å². The summed E-state index contributed by atoms with van der Waals surface area (Å²) >= 11 is 0. The van der Waals surface area contributed by atoms with Gasteiger partial charge >= 0.3 is 0 Å². The van der Waals surface area contributed by atoms with E-state index in [9.17, 15) is 5.11 Å². The Morgan fingerprint density at radius 3 is 2.85 bits per heavy atom. The molecule has 1 aliphatic heterocycles. The average molecular weight is 370 g/mol. The Bertz CT molecular complexity index is 901. The molecular weight excluding hydrogens is 348 g/mol. The summed E-state index contributed by atoms with van der Waals surface area (Å²) in [6.07, 6.45) is 1.43. The van der Waals surface area contributed by atoms with E-state index in [0.29, 0.717) is 36.0 Å². The van der Waals surface area contributed by atoms with Gasteiger partial charge in [0.25, 0.3) is 0 Å². The van der Waals surface area contributed by atoms with Crippen LogP contribution in [-0.4, -0.2) is 50.5 Å². The minimum absolute atomic E-state index is 0.0988. The average Bonchev–Trinajstić information content (AvgIpc) is 3.35. The lowest BCUT2D eigenvalue weighted by Crippen LogP contribution is -2.16. The van der Waals surface area contributed by atoms with E-state index >= 15 is 0 Å². The number of nitrogens with one attached hydrogen (secondary N) is 1. The SMILES string of the molecule is NCc1nc(NCCc2ccccc2)c2ncn(C3OCC(CO)O3)c2n1. The van der Waals surface area contributed by atoms with Gasteiger partial charge in [-0.1, -0.05) is 30.3 Å². The number of anilines is 1. The highest BCUT2D eigenvalue weighted by Gasteiger charge is 2.29. The smallest absolute Gasteiger partial charge is 0.247 e. The molecule has 0 aliphatic carbocycles. The maximum absolute atomic E-state index is 9.23. The first-order chi connectivity index (χ1) is 13.3. The van der Waals surface area contributed by atoms with Crippen LogP contribution in [0.3, 0.4) is 0 Å². The van der Waals surface area contributed by atoms with Gasteiger partial charge in [0.15, 0.2) is 17.0 Å². The molecule has 0 bridgehead atoms. The number of aliphatic hydroxyl groups is 1. The Morgan fingerprint density at radius 2 is 2.11 bits per heavy atom. The van der Waals surface area contributed by atoms with Gasteiger partial charge in [0, 0.05) is 6.54 Å². The number of hydrogen-bond acceptors (Lipinski definition) is 8. The molecule has 2 aromatic heterocycles. The highest BCUT2D eigenvalue weighted by atomic mass is 16.7. The standard InChI is InChI=1S/C18H22N6O3/c19-8-14-22-16(20-7-6-12-4-2-1-3-5-12)15-17(23-14)24(11-21-15)18-26-10-13(9-25)27-18/h1-5,11,13,18,25H,6-10,19H2,(H,20,22,23). The van der Waals surface area contributed by atoms with Crippen molar-refractivity contribution in [3.63, 3.8) is 0 Å². The first-order valence-corrected chi connectivity index (χ1v) is 8.87. The predicted octanol–water partition coefficient (Wildman–Crippen LogP) is 0.803. The number of rotatable bonds is 7. The second kappa shape index (κ2) is 7.97. The van der Waals surface area contributed by atoms with Gasteiger partial charge in [-0.15, -0.1) is 0 Å². The second-order valence-corrected chi connectivity index (χ2v) is 6.26. The van der Waals surface area contributed by atoms with Crippen LogP contribution < -0.4 is 11.1 Å². The van der Waals surface area contributed by atoms with Crippen LogP contribution in [0.4, 0.5) is 5.82 Å². The minimum atomic E-state index is -0.676. The van der Waals surface area contributed by atoms with Crippen molar-refractivity contribution in [2.24, 2.45) is 5.73 Å². The van der Waals surface area contributed by atoms with E-state index in [-0.39, 0.29) is 19.3 Å². The number of aliphatic hydroxyl groups excluding tert-OH is 1. The van der Waals surface area contributed by atoms with Gasteiger partial charge in [-0.25, -0.2) is 15.0 Å². The zero-order valence-corrected chi connectivity index (χ0v) is 14.8. The van der Waals surface area contributed by atoms with Gasteiger partial charge in [0.2, 0.25) is 6.41 Å². The third kappa shape index (κ3) is 3.76. The highest BCUT2D eigenvalue weighted by Crippen LogP contribution is 2.27. The first kappa shape index (κ1) is 17.8. The Hall–Kier alpha value is -2.59. The summed E-state index contributed by atoms with van der Waals surface area (Å²) in [4.78, 5) is 13.4. The molecule has 0 spiro atoms. The van der Waals surface area contributed by atoms with Crippen LogP contribution in [0.1, 0.15) is 17.8 Å². The molecule has 9 nitrogen and oxygen atoms in total. The van der Waals surface area contributed by atoms with Gasteiger partial charge in [-0.2, -0.15) is 0 Å². The van der Waals surface area contributed by atoms with E-state index in [1.165, 1.54) is 5.56 Å². The molecule has 9 heteroatoms. The zero-order valence-electron chi connectivity index (χ0n) is 14.8. The summed E-state index contributed by atoms with van der Waals surface area (Å²) < 4.78 is 12.9. The van der Waals surface area contributed by atoms with E-state index in [1.807, 2.05) is 18.2 Å². The molecule has 3 heterocycles. The number of nitrogens with two attached hydrogens (primary N) is 1. The summed E-state index contributed by atoms with van der Waals surface area (Å²) in [5.41, 5.74) is 8.21. The molecule has 3 aromatic rings. The summed E-state index contributed by atoms with van der Waals surface area (Å²) in [5, 5.41) is 12.6. The Labute approximate surface area is 156 Å². The van der Waals surface area contributed by atoms with Gasteiger partial charge in [-0.05, 0) is 12.0 Å². The highest BCUT2D eigenvalue weighted by molar-refractivity contribution is 5.83. The van der Waals surface area contributed by atoms with Crippen LogP contribution in [0, 0.1) is 0 Å². The molecule has 0 amide bonds. The summed E-state index contributed by atoms with van der Waals surface area (Å²) in [6.45, 7) is 1.13. The second-order valence-electron chi connectivity index (χ2n) is 6.26. The van der Waals surface area contributed by atoms with E-state index in [2.05, 4.69) is 32.4 Å². The summed E-state index contributed by atoms with van der Waals surface area (Å²) in [7, 11) is 0. The molecule has 2 unspecified atom stereocenters. The quantitative estimate of drug-likeness (QED) is 0.559. The van der Waals surface area contributed by atoms with Crippen molar-refractivity contribution in [3.05, 3.63) is 48.0 Å². The fourth-order valence-electron chi connectivity index (χ4n) is 2.97. The third-order valence-electron chi connectivity index (χ3n) is 4.36. The van der Waals surface area contributed by atoms with E-state index in [4.69, 9.17) is 15.2 Å². The Morgan fingerprint density at radius 1 is 1.26 bits per heavy atom. The third-order valence-corrected chi connectivity index (χ3v) is 4.36. The van der Waals surface area contributed by atoms with E-state index < -0.39 is 6.41 Å². The van der Waals surface area contributed by atoms with Gasteiger partial charge in [-0.3, -0.25) is 4.57 Å². The molecule has 142 valence electrons. The van der Waals surface area contributed by atoms with Crippen molar-refractivity contribution in [1.82, 2.24) is 19.5 Å². The number of nitrogens with zero attached hydrogens (tertiary/aromatic N) is 4. The lowest BCUT2D eigenvalue weighted by atomic mass is 10.1. The fourth-order valence-corrected chi connectivity index (χ4v) is 2.97. The number of fused-ring (bicyclic) bond motifs is 1. The first-order valence-electron chi connectivity index (χ1n) is 8.87. The van der Waals surface area contributed by atoms with Gasteiger partial charge in [0.1, 0.15) is 18.3 Å². The molecule has 0 saturated carbocycles. The minimum Gasteiger partial charge on any atom is -0.394 e. The number of aromatic nitrogens is 4. The topological polar surface area (TPSA) is 120 Å². The molecule has 1 aromatic carbocycles. The maximum Gasteiger partial charge on any atom is 0.247 e. The molecule has 4 N–H and O–H groups in total. The lowest BCUT2D eigenvalue weighted by molar-refractivity contribution is -0.117. The van der Waals surface area contributed by atoms with Crippen LogP contribution in [0.25, 0.3) is 11.2 Å². The molecule has 1 aliphatic rings. The number of imidazole rings is 1. The molecule has 1 fully saturated rings. The van der Waals surface area contributed by atoms with Crippen LogP contribution in [-0.2, 0) is 22.4 Å². The molecule has 0 radical (unpaired) electrons. The van der Waals surface area contributed by atoms with Crippen molar-refractivity contribution >= 4 is 17.0 Å². The molecule has 1 saturated heterocycles. The molecule has 27 heavy (non-hydrogen) atoms. The van der Waals surface area contributed by atoms with Crippen molar-refractivity contribution in [2.45, 2.75) is 25.5 Å². The summed E-state index contributed by atoms with van der Waals surface area (Å²) in [5.74, 6) is 1.13. The van der Waals surface area contributed by atoms with Crippen molar-refractivity contribution in [1.29, 1.82) is 0 Å². The van der Waals surface area contributed by atoms with E-state index in [1.54, 1.807) is 10.9 Å². The molecular formula is C18H22N6O3. The Kier molecular flexibility index (Phi) is 5.26. The van der Waals surface area contributed by atoms with E-state index in [0.717, 1.165) is 6.42 Å². The zero-order chi connectivity index (χ0) is 18.6. The van der Waals surface area contributed by atoms with Crippen LogP contribution in [0.5, 0.6) is 0 Å². The molecule has 4 rings (SSSR count). The number of benzene rings is 1. The predicted molar refractivity (Wildman–Crippen MR) is 98.8 cm³/mol. The fraction of sp³-hybridized carbons (Fsp3) is 0.389. The normalized spacial score (nSPS) is 19.6. The summed E-state index contributed by atoms with van der Waals surface area (Å²) in [6, 6.07) is 10.2. The van der Waals surface area contributed by atoms with Crippen LogP contribution >= 0.6 is 0 Å². The lowest BCUT2D eigenvalue weighted by Gasteiger charge is -2.13. The largest absolute Gasteiger partial charge is 0.394 e. The van der Waals surface area contributed by atoms with Crippen molar-refractivity contribution in [3.8, 4) is 0 Å². The number of ether oxygens (including phenoxy) is 2. The van der Waals surface area contributed by atoms with Crippen LogP contribution in [0.2, 0.25) is 0 Å². The molecule has 2 atom stereocenters. The maximum atomic E-state index is 9.23. The van der Waals surface area contributed by atoms with Gasteiger partial charge < -0.3 is 25.6 Å². The van der Waals surface area contributed by atoms with Gasteiger partial charge in [0.05, 0.1) is 19.8 Å². The van der Waals surface area contributed by atoms with Crippen molar-refractivity contribution in [2.75, 3.05) is 25.1 Å². The number of hydrogen-bond donors (Lipinski definition) is 3.